The van der Waals surface area contributed by atoms with Crippen molar-refractivity contribution in [1.82, 2.24) is 14.8 Å². The summed E-state index contributed by atoms with van der Waals surface area (Å²) in [5.74, 6) is 0.469. The number of nitrogens with zero attached hydrogens (tertiary/aromatic N) is 3. The quantitative estimate of drug-likeness (QED) is 0.708. The number of rotatable bonds is 2. The van der Waals surface area contributed by atoms with Gasteiger partial charge in [-0.2, -0.15) is 5.10 Å². The Labute approximate surface area is 87.3 Å². The number of halogens is 1. The molecule has 2 aromatic heterocycles. The van der Waals surface area contributed by atoms with E-state index in [9.17, 15) is 0 Å². The van der Waals surface area contributed by atoms with Crippen LogP contribution < -0.4 is 0 Å². The van der Waals surface area contributed by atoms with Gasteiger partial charge in [0.1, 0.15) is 0 Å². The van der Waals surface area contributed by atoms with Gasteiger partial charge in [-0.3, -0.25) is 4.98 Å². The maximum absolute atomic E-state index is 5.82. The highest BCUT2D eigenvalue weighted by atomic mass is 35.5. The van der Waals surface area contributed by atoms with Gasteiger partial charge < -0.3 is 0 Å². The fraction of sp³-hybridized carbons (Fsp3) is 0.200. The molecular formula is C10H10ClN3. The van der Waals surface area contributed by atoms with Gasteiger partial charge in [0.25, 0.3) is 0 Å². The highest BCUT2D eigenvalue weighted by Gasteiger charge is 2.03. The summed E-state index contributed by atoms with van der Waals surface area (Å²) in [6.07, 6.45) is 7.26. The van der Waals surface area contributed by atoms with Crippen molar-refractivity contribution in [1.29, 1.82) is 0 Å². The molecule has 2 heterocycles. The lowest BCUT2D eigenvalue weighted by atomic mass is 10.2. The summed E-state index contributed by atoms with van der Waals surface area (Å²) in [5.41, 5.74) is 3.09. The van der Waals surface area contributed by atoms with Crippen molar-refractivity contribution in [3.05, 3.63) is 42.0 Å². The average Bonchev–Trinajstić information content (AvgIpc) is 2.65. The molecule has 0 aromatic carbocycles. The lowest BCUT2D eigenvalue weighted by Crippen LogP contribution is -1.99. The molecule has 14 heavy (non-hydrogen) atoms. The molecule has 0 aliphatic rings. The molecule has 0 aliphatic carbocycles. The Hall–Kier alpha value is -1.35. The Balaban J connectivity index is 2.50. The molecule has 3 nitrogen and oxygen atoms in total. The highest BCUT2D eigenvalue weighted by molar-refractivity contribution is 6.17. The maximum Gasteiger partial charge on any atom is 0.0872 e. The Morgan fingerprint density at radius 2 is 2.29 bits per heavy atom. The third-order valence-electron chi connectivity index (χ3n) is 1.99. The summed E-state index contributed by atoms with van der Waals surface area (Å²) < 4.78 is 1.79. The van der Waals surface area contributed by atoms with Crippen LogP contribution in [0.5, 0.6) is 0 Å². The van der Waals surface area contributed by atoms with Crippen LogP contribution in [0.2, 0.25) is 0 Å². The first-order chi connectivity index (χ1) is 6.81. The standard InChI is InChI=1S/C10H10ClN3/c1-8-5-13-14(7-8)10-6-12-3-2-9(10)4-11/h2-3,5-7H,4H2,1H3. The number of hydrogen-bond donors (Lipinski definition) is 0. The zero-order valence-corrected chi connectivity index (χ0v) is 8.57. The van der Waals surface area contributed by atoms with Crippen LogP contribution in [0, 0.1) is 6.92 Å². The van der Waals surface area contributed by atoms with E-state index in [-0.39, 0.29) is 0 Å². The van der Waals surface area contributed by atoms with E-state index in [1.165, 1.54) is 0 Å². The van der Waals surface area contributed by atoms with E-state index in [0.717, 1.165) is 16.8 Å². The first-order valence-corrected chi connectivity index (χ1v) is 4.85. The molecule has 0 atom stereocenters. The van der Waals surface area contributed by atoms with Gasteiger partial charge in [-0.25, -0.2) is 4.68 Å². The van der Waals surface area contributed by atoms with Crippen molar-refractivity contribution in [3.8, 4) is 5.69 Å². The van der Waals surface area contributed by atoms with E-state index in [2.05, 4.69) is 10.1 Å². The summed E-state index contributed by atoms with van der Waals surface area (Å²) >= 11 is 5.82. The molecule has 0 saturated heterocycles. The zero-order chi connectivity index (χ0) is 9.97. The molecule has 0 N–H and O–H groups in total. The van der Waals surface area contributed by atoms with Crippen LogP contribution in [-0.2, 0) is 5.88 Å². The second-order valence-corrected chi connectivity index (χ2v) is 3.37. The summed E-state index contributed by atoms with van der Waals surface area (Å²) in [6, 6.07) is 1.90. The van der Waals surface area contributed by atoms with E-state index < -0.39 is 0 Å². The second kappa shape index (κ2) is 3.80. The lowest BCUT2D eigenvalue weighted by molar-refractivity contribution is 0.863. The number of aromatic nitrogens is 3. The molecular weight excluding hydrogens is 198 g/mol. The summed E-state index contributed by atoms with van der Waals surface area (Å²) in [6.45, 7) is 2.00. The molecule has 0 saturated carbocycles. The summed E-state index contributed by atoms with van der Waals surface area (Å²) in [5, 5.41) is 4.21. The first-order valence-electron chi connectivity index (χ1n) is 4.32. The Bertz CT molecular complexity index is 436. The van der Waals surface area contributed by atoms with Crippen molar-refractivity contribution in [3.63, 3.8) is 0 Å². The van der Waals surface area contributed by atoms with Crippen molar-refractivity contribution in [2.75, 3.05) is 0 Å². The fourth-order valence-electron chi connectivity index (χ4n) is 1.28. The maximum atomic E-state index is 5.82. The van der Waals surface area contributed by atoms with Crippen LogP contribution >= 0.6 is 11.6 Å². The monoisotopic (exact) mass is 207 g/mol. The largest absolute Gasteiger partial charge is 0.262 e. The van der Waals surface area contributed by atoms with Crippen LogP contribution in [0.25, 0.3) is 5.69 Å². The Morgan fingerprint density at radius 3 is 2.93 bits per heavy atom. The number of hydrogen-bond acceptors (Lipinski definition) is 2. The van der Waals surface area contributed by atoms with Gasteiger partial charge in [-0.05, 0) is 24.1 Å². The van der Waals surface area contributed by atoms with Gasteiger partial charge in [-0.1, -0.05) is 0 Å². The molecule has 0 bridgehead atoms. The lowest BCUT2D eigenvalue weighted by Gasteiger charge is -2.04. The van der Waals surface area contributed by atoms with Gasteiger partial charge in [0, 0.05) is 18.3 Å². The molecule has 0 amide bonds. The Morgan fingerprint density at radius 1 is 1.43 bits per heavy atom. The number of aryl methyl sites for hydroxylation is 1. The second-order valence-electron chi connectivity index (χ2n) is 3.10. The van der Waals surface area contributed by atoms with Crippen LogP contribution in [0.3, 0.4) is 0 Å². The smallest absolute Gasteiger partial charge is 0.0872 e. The van der Waals surface area contributed by atoms with Gasteiger partial charge in [0.05, 0.1) is 18.1 Å². The number of alkyl halides is 1. The van der Waals surface area contributed by atoms with Gasteiger partial charge >= 0.3 is 0 Å². The van der Waals surface area contributed by atoms with Crippen LogP contribution in [-0.4, -0.2) is 14.8 Å². The molecule has 0 fully saturated rings. The van der Waals surface area contributed by atoms with Crippen LogP contribution in [0.4, 0.5) is 0 Å². The molecule has 0 spiro atoms. The summed E-state index contributed by atoms with van der Waals surface area (Å²) in [4.78, 5) is 4.06. The molecule has 72 valence electrons. The minimum Gasteiger partial charge on any atom is -0.262 e. The van der Waals surface area contributed by atoms with E-state index in [4.69, 9.17) is 11.6 Å². The van der Waals surface area contributed by atoms with E-state index in [1.807, 2.05) is 25.4 Å². The fourth-order valence-corrected chi connectivity index (χ4v) is 1.50. The van der Waals surface area contributed by atoms with Crippen molar-refractivity contribution in [2.24, 2.45) is 0 Å². The van der Waals surface area contributed by atoms with Crippen LogP contribution in [0.1, 0.15) is 11.1 Å². The van der Waals surface area contributed by atoms with Gasteiger partial charge in [0.15, 0.2) is 0 Å². The zero-order valence-electron chi connectivity index (χ0n) is 7.81. The van der Waals surface area contributed by atoms with E-state index in [0.29, 0.717) is 5.88 Å². The average molecular weight is 208 g/mol. The van der Waals surface area contributed by atoms with Crippen molar-refractivity contribution < 1.29 is 0 Å². The minimum absolute atomic E-state index is 0.469. The molecule has 0 aliphatic heterocycles. The highest BCUT2D eigenvalue weighted by Crippen LogP contribution is 2.14. The molecule has 0 radical (unpaired) electrons. The first kappa shape index (κ1) is 9.21. The van der Waals surface area contributed by atoms with E-state index in [1.54, 1.807) is 17.1 Å². The predicted octanol–water partition coefficient (Wildman–Crippen LogP) is 2.31. The van der Waals surface area contributed by atoms with E-state index >= 15 is 0 Å². The molecule has 2 aromatic rings. The van der Waals surface area contributed by atoms with Gasteiger partial charge in [0.2, 0.25) is 0 Å². The SMILES string of the molecule is Cc1cnn(-c2cnccc2CCl)c1. The molecule has 2 rings (SSSR count). The topological polar surface area (TPSA) is 30.7 Å². The molecule has 0 unspecified atom stereocenters. The normalized spacial score (nSPS) is 10.4. The minimum atomic E-state index is 0.469. The predicted molar refractivity (Wildman–Crippen MR) is 55.7 cm³/mol. The van der Waals surface area contributed by atoms with Crippen LogP contribution in [0.15, 0.2) is 30.9 Å². The Kier molecular flexibility index (Phi) is 2.50. The molecule has 4 heteroatoms. The third-order valence-corrected chi connectivity index (χ3v) is 2.28. The van der Waals surface area contributed by atoms with Gasteiger partial charge in [-0.15, -0.1) is 11.6 Å². The third kappa shape index (κ3) is 1.63. The van der Waals surface area contributed by atoms with Crippen molar-refractivity contribution >= 4 is 11.6 Å². The van der Waals surface area contributed by atoms with Crippen molar-refractivity contribution in [2.45, 2.75) is 12.8 Å². The number of pyridine rings is 1. The summed E-state index contributed by atoms with van der Waals surface area (Å²) in [7, 11) is 0.